The molecule has 1 aliphatic heterocycles. The Balaban J connectivity index is 0.945. The number of hydrogen-bond acceptors (Lipinski definition) is 3. The Morgan fingerprint density at radius 2 is 1.44 bits per heavy atom. The number of benzene rings is 7. The van der Waals surface area contributed by atoms with Crippen molar-refractivity contribution in [3.8, 4) is 28.1 Å². The second-order valence-corrected chi connectivity index (χ2v) is 17.6. The van der Waals surface area contributed by atoms with Gasteiger partial charge in [0.1, 0.15) is 0 Å². The van der Waals surface area contributed by atoms with Crippen molar-refractivity contribution in [2.24, 2.45) is 0 Å². The first-order valence-corrected chi connectivity index (χ1v) is 21.6. The van der Waals surface area contributed by atoms with Gasteiger partial charge in [-0.1, -0.05) is 153 Å². The summed E-state index contributed by atoms with van der Waals surface area (Å²) in [6.07, 6.45) is 14.0. The van der Waals surface area contributed by atoms with Crippen LogP contribution >= 0.6 is 0 Å². The highest BCUT2D eigenvalue weighted by Crippen LogP contribution is 2.53. The van der Waals surface area contributed by atoms with Crippen LogP contribution in [0, 0.1) is 0 Å². The van der Waals surface area contributed by atoms with E-state index in [0.29, 0.717) is 0 Å². The average Bonchev–Trinajstić information content (AvgIpc) is 3.91. The van der Waals surface area contributed by atoms with E-state index in [1.165, 1.54) is 83.3 Å². The number of aromatic nitrogens is 3. The Morgan fingerprint density at radius 1 is 0.639 bits per heavy atom. The molecule has 4 nitrogen and oxygen atoms in total. The lowest BCUT2D eigenvalue weighted by molar-refractivity contribution is 0.660. The maximum absolute atomic E-state index is 5.39. The number of hydrogen-bond donors (Lipinski definition) is 0. The predicted molar refractivity (Wildman–Crippen MR) is 253 cm³/mol. The molecule has 4 aliphatic rings. The van der Waals surface area contributed by atoms with Gasteiger partial charge in [0.05, 0.1) is 22.8 Å². The van der Waals surface area contributed by atoms with E-state index in [9.17, 15) is 0 Å². The molecule has 7 aromatic carbocycles. The lowest BCUT2D eigenvalue weighted by Crippen LogP contribution is -2.30. The highest BCUT2D eigenvalue weighted by molar-refractivity contribution is 5.99. The molecule has 0 amide bonds. The van der Waals surface area contributed by atoms with Crippen molar-refractivity contribution in [2.45, 2.75) is 44.1 Å². The minimum absolute atomic E-state index is 0.0206. The first kappa shape index (κ1) is 34.6. The fourth-order valence-corrected chi connectivity index (χ4v) is 11.1. The maximum atomic E-state index is 5.39. The molecular weight excluding hydrogens is 741 g/mol. The molecule has 2 atom stereocenters. The normalized spacial score (nSPS) is 17.9. The third-order valence-corrected chi connectivity index (χ3v) is 14.0. The first-order chi connectivity index (χ1) is 30.0. The third-order valence-electron chi connectivity index (χ3n) is 14.0. The van der Waals surface area contributed by atoms with Crippen molar-refractivity contribution in [3.63, 3.8) is 0 Å². The lowest BCUT2D eigenvalue weighted by Gasteiger charge is -2.28. The number of allylic oxidation sites excluding steroid dienone is 3. The molecule has 290 valence electrons. The molecule has 13 rings (SSSR count). The van der Waals surface area contributed by atoms with Gasteiger partial charge in [-0.15, -0.1) is 0 Å². The SMILES string of the molecule is CC1(C)c2ccccc2-c2ccc(-n3c4c(c5cc(C6=CC7c8c(ccc9ccccc89)N(c8nc(-c9ccccc9)c9ccccc9n8)C7C=C6)ccc53)CCC=C4)cc21. The highest BCUT2D eigenvalue weighted by Gasteiger charge is 2.41. The Hall–Kier alpha value is -7.30. The summed E-state index contributed by atoms with van der Waals surface area (Å²) < 4.78 is 2.51. The van der Waals surface area contributed by atoms with E-state index in [-0.39, 0.29) is 17.4 Å². The molecule has 0 N–H and O–H groups in total. The molecule has 3 aliphatic carbocycles. The van der Waals surface area contributed by atoms with E-state index in [1.54, 1.807) is 0 Å². The third kappa shape index (κ3) is 4.99. The van der Waals surface area contributed by atoms with Gasteiger partial charge in [0.2, 0.25) is 5.95 Å². The Bertz CT molecular complexity index is 3420. The van der Waals surface area contributed by atoms with E-state index in [0.717, 1.165) is 41.0 Å². The quantitative estimate of drug-likeness (QED) is 0.178. The van der Waals surface area contributed by atoms with Crippen LogP contribution in [0.5, 0.6) is 0 Å². The molecule has 4 heteroatoms. The van der Waals surface area contributed by atoms with Gasteiger partial charge < -0.3 is 9.47 Å². The second-order valence-electron chi connectivity index (χ2n) is 17.6. The number of anilines is 2. The van der Waals surface area contributed by atoms with Gasteiger partial charge in [-0.25, -0.2) is 9.97 Å². The lowest BCUT2D eigenvalue weighted by atomic mass is 9.82. The number of fused-ring (bicyclic) bond motifs is 12. The molecule has 0 bridgehead atoms. The monoisotopic (exact) mass is 782 g/mol. The maximum Gasteiger partial charge on any atom is 0.231 e. The van der Waals surface area contributed by atoms with E-state index in [2.05, 4.69) is 205 Å². The van der Waals surface area contributed by atoms with Crippen LogP contribution in [-0.4, -0.2) is 20.6 Å². The van der Waals surface area contributed by atoms with Crippen LogP contribution in [0.4, 0.5) is 11.6 Å². The van der Waals surface area contributed by atoms with Crippen molar-refractivity contribution in [3.05, 3.63) is 209 Å². The zero-order chi connectivity index (χ0) is 40.4. The summed E-state index contributed by atoms with van der Waals surface area (Å²) in [5, 5.41) is 4.92. The molecule has 2 unspecified atom stereocenters. The highest BCUT2D eigenvalue weighted by atomic mass is 15.3. The van der Waals surface area contributed by atoms with Crippen LogP contribution < -0.4 is 4.90 Å². The van der Waals surface area contributed by atoms with Crippen LogP contribution in [-0.2, 0) is 11.8 Å². The average molecular weight is 783 g/mol. The molecule has 3 heterocycles. The number of nitrogens with zero attached hydrogens (tertiary/aromatic N) is 4. The van der Waals surface area contributed by atoms with Crippen molar-refractivity contribution in [2.75, 3.05) is 4.90 Å². The van der Waals surface area contributed by atoms with Crippen LogP contribution in [0.15, 0.2) is 176 Å². The zero-order valence-electron chi connectivity index (χ0n) is 34.2. The molecule has 0 spiro atoms. The fourth-order valence-electron chi connectivity index (χ4n) is 11.1. The van der Waals surface area contributed by atoms with Crippen LogP contribution in [0.3, 0.4) is 0 Å². The smallest absolute Gasteiger partial charge is 0.231 e. The second kappa shape index (κ2) is 12.8. The number of aryl methyl sites for hydroxylation is 1. The minimum atomic E-state index is -0.0595. The van der Waals surface area contributed by atoms with Crippen LogP contribution in [0.2, 0.25) is 0 Å². The van der Waals surface area contributed by atoms with E-state index in [4.69, 9.17) is 9.97 Å². The van der Waals surface area contributed by atoms with Gasteiger partial charge in [0, 0.05) is 44.7 Å². The molecule has 2 aromatic heterocycles. The van der Waals surface area contributed by atoms with Gasteiger partial charge in [-0.3, -0.25) is 0 Å². The summed E-state index contributed by atoms with van der Waals surface area (Å²) in [7, 11) is 0. The number of para-hydroxylation sites is 1. The van der Waals surface area contributed by atoms with Gasteiger partial charge in [-0.2, -0.15) is 0 Å². The molecule has 9 aromatic rings. The molecule has 0 saturated carbocycles. The van der Waals surface area contributed by atoms with Crippen molar-refractivity contribution < 1.29 is 0 Å². The van der Waals surface area contributed by atoms with Gasteiger partial charge in [-0.05, 0) is 111 Å². The van der Waals surface area contributed by atoms with Crippen molar-refractivity contribution in [1.82, 2.24) is 14.5 Å². The number of rotatable bonds is 4. The molecule has 61 heavy (non-hydrogen) atoms. The topological polar surface area (TPSA) is 34.0 Å². The molecule has 0 radical (unpaired) electrons. The summed E-state index contributed by atoms with van der Waals surface area (Å²) >= 11 is 0. The van der Waals surface area contributed by atoms with Crippen LogP contribution in [0.1, 0.15) is 59.7 Å². The van der Waals surface area contributed by atoms with Crippen molar-refractivity contribution in [1.29, 1.82) is 0 Å². The van der Waals surface area contributed by atoms with Gasteiger partial charge >= 0.3 is 0 Å². The predicted octanol–water partition coefficient (Wildman–Crippen LogP) is 13.9. The summed E-state index contributed by atoms with van der Waals surface area (Å²) in [6, 6.07) is 55.5. The van der Waals surface area contributed by atoms with E-state index >= 15 is 0 Å². The van der Waals surface area contributed by atoms with Crippen molar-refractivity contribution >= 4 is 55.9 Å². The first-order valence-electron chi connectivity index (χ1n) is 21.6. The fraction of sp³-hybridized carbons (Fsp3) is 0.123. The summed E-state index contributed by atoms with van der Waals surface area (Å²) in [6.45, 7) is 4.74. The van der Waals surface area contributed by atoms with Gasteiger partial charge in [0.25, 0.3) is 0 Å². The Labute approximate surface area is 355 Å². The molecule has 0 saturated heterocycles. The standard InChI is InChI=1S/C57H42N4/c1-57(2)47-21-11-8-18-41(47)42-28-27-39(34-48(42)57)60-50-23-13-10-19-43(50)45-32-37(25-29-51(45)60)38-26-30-52-46(33-38)54-40-17-7-6-14-35(40)24-31-53(54)61(52)56-58-49-22-12-9-20-44(49)55(59-56)36-15-4-3-5-16-36/h3-9,11-18,20-34,46,52H,10,19H2,1-2H3. The minimum Gasteiger partial charge on any atom is -0.310 e. The summed E-state index contributed by atoms with van der Waals surface area (Å²) in [4.78, 5) is 13.1. The Kier molecular flexibility index (Phi) is 7.28. The Morgan fingerprint density at radius 3 is 2.36 bits per heavy atom. The summed E-state index contributed by atoms with van der Waals surface area (Å²) in [5.74, 6) is 0.830. The molecule has 0 fully saturated rings. The van der Waals surface area contributed by atoms with Gasteiger partial charge in [0.15, 0.2) is 0 Å². The van der Waals surface area contributed by atoms with E-state index in [1.807, 2.05) is 0 Å². The summed E-state index contributed by atoms with van der Waals surface area (Å²) in [5.41, 5.74) is 18.7. The van der Waals surface area contributed by atoms with Crippen LogP contribution in [0.25, 0.3) is 72.3 Å². The zero-order valence-corrected chi connectivity index (χ0v) is 34.2. The molecular formula is C57H42N4. The largest absolute Gasteiger partial charge is 0.310 e. The van der Waals surface area contributed by atoms with E-state index < -0.39 is 0 Å².